The van der Waals surface area contributed by atoms with Crippen LogP contribution in [0.3, 0.4) is 0 Å². The van der Waals surface area contributed by atoms with E-state index in [9.17, 15) is 4.79 Å². The van der Waals surface area contributed by atoms with Gasteiger partial charge in [0.2, 0.25) is 0 Å². The molecule has 8 heteroatoms. The zero-order valence-corrected chi connectivity index (χ0v) is 14.5. The van der Waals surface area contributed by atoms with E-state index in [1.54, 1.807) is 17.1 Å². The molecule has 0 bridgehead atoms. The highest BCUT2D eigenvalue weighted by Crippen LogP contribution is 2.18. The Bertz CT molecular complexity index is 647. The summed E-state index contributed by atoms with van der Waals surface area (Å²) in [5, 5.41) is 4.34. The predicted molar refractivity (Wildman–Crippen MR) is 93.7 cm³/mol. The molecule has 0 aliphatic carbocycles. The lowest BCUT2D eigenvalue weighted by Gasteiger charge is -2.16. The normalized spacial score (nSPS) is 16.6. The lowest BCUT2D eigenvalue weighted by Crippen LogP contribution is -2.32. The predicted octanol–water partition coefficient (Wildman–Crippen LogP) is 1.85. The van der Waals surface area contributed by atoms with Crippen LogP contribution in [0.1, 0.15) is 29.4 Å². The number of carbonyl (C=O) groups excluding carboxylic acids is 1. The first-order valence-corrected chi connectivity index (χ1v) is 7.24. The minimum absolute atomic E-state index is 0. The summed E-state index contributed by atoms with van der Waals surface area (Å²) in [7, 11) is 0. The SMILES string of the molecule is CCc1c(C(=O)N2CC[C@@H](N)C2)cnn1-c1ccccn1.Cl.Cl. The molecule has 6 nitrogen and oxygen atoms in total. The molecule has 1 fully saturated rings. The number of nitrogens with two attached hydrogens (primary N) is 1. The molecule has 3 rings (SSSR count). The number of hydrogen-bond acceptors (Lipinski definition) is 4. The number of carbonyl (C=O) groups is 1. The standard InChI is InChI=1S/C15H19N5O.2ClH/c1-2-13-12(15(21)19-8-6-11(16)10-19)9-18-20(13)14-5-3-4-7-17-14;;/h3-5,7,9,11H,2,6,8,10,16H2,1H3;2*1H/t11-;;/m1../s1. The van der Waals surface area contributed by atoms with Crippen molar-refractivity contribution in [3.63, 3.8) is 0 Å². The summed E-state index contributed by atoms with van der Waals surface area (Å²) >= 11 is 0. The first-order chi connectivity index (χ1) is 10.2. The van der Waals surface area contributed by atoms with Crippen LogP contribution in [0.5, 0.6) is 0 Å². The Morgan fingerprint density at radius 1 is 1.39 bits per heavy atom. The van der Waals surface area contributed by atoms with E-state index in [2.05, 4.69) is 10.1 Å². The van der Waals surface area contributed by atoms with Crippen LogP contribution in [0, 0.1) is 0 Å². The monoisotopic (exact) mass is 357 g/mol. The van der Waals surface area contributed by atoms with Crippen molar-refractivity contribution in [2.75, 3.05) is 13.1 Å². The number of hydrogen-bond donors (Lipinski definition) is 1. The highest BCUT2D eigenvalue weighted by atomic mass is 35.5. The van der Waals surface area contributed by atoms with Gasteiger partial charge < -0.3 is 10.6 Å². The third-order valence-electron chi connectivity index (χ3n) is 3.81. The molecule has 1 aliphatic rings. The Kier molecular flexibility index (Phi) is 7.00. The van der Waals surface area contributed by atoms with E-state index < -0.39 is 0 Å². The molecule has 1 amide bonds. The zero-order valence-electron chi connectivity index (χ0n) is 12.9. The number of aromatic nitrogens is 3. The number of likely N-dealkylation sites (tertiary alicyclic amines) is 1. The van der Waals surface area contributed by atoms with Crippen molar-refractivity contribution in [2.45, 2.75) is 25.8 Å². The van der Waals surface area contributed by atoms with Crippen molar-refractivity contribution in [1.82, 2.24) is 19.7 Å². The van der Waals surface area contributed by atoms with Gasteiger partial charge in [0.05, 0.1) is 17.5 Å². The van der Waals surface area contributed by atoms with Gasteiger partial charge in [0.25, 0.3) is 5.91 Å². The molecule has 0 aromatic carbocycles. The van der Waals surface area contributed by atoms with Crippen molar-refractivity contribution in [1.29, 1.82) is 0 Å². The molecule has 1 saturated heterocycles. The topological polar surface area (TPSA) is 77.0 Å². The Morgan fingerprint density at radius 3 is 2.74 bits per heavy atom. The number of rotatable bonds is 3. The van der Waals surface area contributed by atoms with Gasteiger partial charge in [-0.05, 0) is 25.0 Å². The van der Waals surface area contributed by atoms with Gasteiger partial charge in [-0.2, -0.15) is 5.10 Å². The maximum absolute atomic E-state index is 12.6. The molecule has 0 saturated carbocycles. The summed E-state index contributed by atoms with van der Waals surface area (Å²) < 4.78 is 1.74. The van der Waals surface area contributed by atoms with Crippen molar-refractivity contribution >= 4 is 30.7 Å². The van der Waals surface area contributed by atoms with Gasteiger partial charge in [-0.15, -0.1) is 24.8 Å². The lowest BCUT2D eigenvalue weighted by atomic mass is 10.2. The molecule has 0 radical (unpaired) electrons. The highest BCUT2D eigenvalue weighted by molar-refractivity contribution is 5.95. The van der Waals surface area contributed by atoms with E-state index >= 15 is 0 Å². The van der Waals surface area contributed by atoms with Crippen LogP contribution >= 0.6 is 24.8 Å². The fourth-order valence-corrected chi connectivity index (χ4v) is 2.71. The average Bonchev–Trinajstić information content (AvgIpc) is 3.13. The third kappa shape index (κ3) is 3.83. The van der Waals surface area contributed by atoms with Crippen LogP contribution in [0.4, 0.5) is 0 Å². The smallest absolute Gasteiger partial charge is 0.257 e. The van der Waals surface area contributed by atoms with Gasteiger partial charge in [-0.3, -0.25) is 4.79 Å². The van der Waals surface area contributed by atoms with Crippen LogP contribution in [0.15, 0.2) is 30.6 Å². The second kappa shape index (κ2) is 8.29. The molecule has 1 atom stereocenters. The summed E-state index contributed by atoms with van der Waals surface area (Å²) in [4.78, 5) is 18.7. The van der Waals surface area contributed by atoms with Gasteiger partial charge in [-0.25, -0.2) is 9.67 Å². The molecular weight excluding hydrogens is 337 g/mol. The molecule has 3 heterocycles. The highest BCUT2D eigenvalue weighted by Gasteiger charge is 2.27. The van der Waals surface area contributed by atoms with Crippen LogP contribution in [-0.4, -0.2) is 44.7 Å². The summed E-state index contributed by atoms with van der Waals surface area (Å²) in [5.41, 5.74) is 7.42. The van der Waals surface area contributed by atoms with Gasteiger partial charge in [0.15, 0.2) is 5.82 Å². The molecule has 2 N–H and O–H groups in total. The average molecular weight is 358 g/mol. The van der Waals surface area contributed by atoms with Gasteiger partial charge in [0, 0.05) is 25.3 Å². The van der Waals surface area contributed by atoms with Crippen LogP contribution in [0.25, 0.3) is 5.82 Å². The fourth-order valence-electron chi connectivity index (χ4n) is 2.71. The lowest BCUT2D eigenvalue weighted by molar-refractivity contribution is 0.0790. The van der Waals surface area contributed by atoms with Gasteiger partial charge in [-0.1, -0.05) is 13.0 Å². The van der Waals surface area contributed by atoms with E-state index in [-0.39, 0.29) is 36.8 Å². The number of halogens is 2. The van der Waals surface area contributed by atoms with E-state index in [4.69, 9.17) is 5.73 Å². The molecule has 0 unspecified atom stereocenters. The first-order valence-electron chi connectivity index (χ1n) is 7.24. The molecular formula is C15H21Cl2N5O. The second-order valence-electron chi connectivity index (χ2n) is 5.26. The minimum atomic E-state index is 0. The Morgan fingerprint density at radius 2 is 2.17 bits per heavy atom. The van der Waals surface area contributed by atoms with Crippen LogP contribution in [0.2, 0.25) is 0 Å². The summed E-state index contributed by atoms with van der Waals surface area (Å²) in [6, 6.07) is 5.73. The summed E-state index contributed by atoms with van der Waals surface area (Å²) in [6.45, 7) is 3.36. The first kappa shape index (κ1) is 19.4. The number of amides is 1. The Balaban J connectivity index is 0.00000132. The zero-order chi connectivity index (χ0) is 14.8. The number of nitrogens with zero attached hydrogens (tertiary/aromatic N) is 4. The summed E-state index contributed by atoms with van der Waals surface area (Å²) in [6.07, 6.45) is 4.94. The fraction of sp³-hybridized carbons (Fsp3) is 0.400. The Hall–Kier alpha value is -1.63. The molecule has 2 aromatic rings. The molecule has 0 spiro atoms. The summed E-state index contributed by atoms with van der Waals surface area (Å²) in [5.74, 6) is 0.744. The van der Waals surface area contributed by atoms with E-state index in [0.29, 0.717) is 12.1 Å². The quantitative estimate of drug-likeness (QED) is 0.908. The van der Waals surface area contributed by atoms with Gasteiger partial charge in [0.1, 0.15) is 0 Å². The van der Waals surface area contributed by atoms with Crippen molar-refractivity contribution < 1.29 is 4.79 Å². The van der Waals surface area contributed by atoms with E-state index in [0.717, 1.165) is 30.9 Å². The molecule has 23 heavy (non-hydrogen) atoms. The second-order valence-corrected chi connectivity index (χ2v) is 5.26. The van der Waals surface area contributed by atoms with Crippen LogP contribution in [-0.2, 0) is 6.42 Å². The Labute approximate surface area is 147 Å². The molecule has 1 aliphatic heterocycles. The maximum Gasteiger partial charge on any atom is 0.257 e. The maximum atomic E-state index is 12.6. The van der Waals surface area contributed by atoms with E-state index in [1.807, 2.05) is 30.0 Å². The van der Waals surface area contributed by atoms with Crippen molar-refractivity contribution in [3.05, 3.63) is 41.9 Å². The molecule has 126 valence electrons. The van der Waals surface area contributed by atoms with Crippen LogP contribution < -0.4 is 5.73 Å². The number of pyridine rings is 1. The third-order valence-corrected chi connectivity index (χ3v) is 3.81. The minimum Gasteiger partial charge on any atom is -0.337 e. The van der Waals surface area contributed by atoms with Crippen molar-refractivity contribution in [2.24, 2.45) is 5.73 Å². The largest absolute Gasteiger partial charge is 0.337 e. The van der Waals surface area contributed by atoms with Gasteiger partial charge >= 0.3 is 0 Å². The van der Waals surface area contributed by atoms with Crippen molar-refractivity contribution in [3.8, 4) is 5.82 Å². The van der Waals surface area contributed by atoms with E-state index in [1.165, 1.54) is 0 Å². The molecule has 2 aromatic heterocycles.